The van der Waals surface area contributed by atoms with Gasteiger partial charge in [0, 0.05) is 25.7 Å². The maximum absolute atomic E-state index is 5.76. The van der Waals surface area contributed by atoms with Crippen LogP contribution in [0.2, 0.25) is 4.47 Å². The highest BCUT2D eigenvalue weighted by Gasteiger charge is 2.01. The summed E-state index contributed by atoms with van der Waals surface area (Å²) in [4.78, 5) is 5.10. The zero-order valence-corrected chi connectivity index (χ0v) is 12.8. The molecular formula is C10H7Br2ClN2S. The molecule has 1 aromatic heterocycles. The second-order valence-electron chi connectivity index (χ2n) is 3.09. The number of benzene rings is 1. The standard InChI is InChI=1S/C10H7Br2ClN2S/c11-6-1-7(12)3-8(2-6)14-4-9-5-15-10(13)16-9/h1-3,5,14H,4H2. The maximum atomic E-state index is 5.76. The molecular weight excluding hydrogens is 375 g/mol. The van der Waals surface area contributed by atoms with Crippen molar-refractivity contribution in [3.05, 3.63) is 42.7 Å². The molecule has 2 nitrogen and oxygen atoms in total. The Morgan fingerprint density at radius 1 is 1.25 bits per heavy atom. The first-order chi connectivity index (χ1) is 7.63. The molecule has 0 radical (unpaired) electrons. The van der Waals surface area contributed by atoms with Crippen LogP contribution < -0.4 is 5.32 Å². The molecule has 1 heterocycles. The average molecular weight is 383 g/mol. The fourth-order valence-electron chi connectivity index (χ4n) is 1.21. The summed E-state index contributed by atoms with van der Waals surface area (Å²) in [6.07, 6.45) is 1.78. The molecule has 6 heteroatoms. The molecule has 2 rings (SSSR count). The highest BCUT2D eigenvalue weighted by atomic mass is 79.9. The van der Waals surface area contributed by atoms with Gasteiger partial charge in [-0.15, -0.1) is 11.3 Å². The molecule has 84 valence electrons. The number of anilines is 1. The van der Waals surface area contributed by atoms with Crippen LogP contribution in [-0.4, -0.2) is 4.98 Å². The molecule has 0 aliphatic carbocycles. The van der Waals surface area contributed by atoms with Crippen LogP contribution in [0, 0.1) is 0 Å². The van der Waals surface area contributed by atoms with Gasteiger partial charge in [0.15, 0.2) is 4.47 Å². The van der Waals surface area contributed by atoms with Crippen molar-refractivity contribution >= 4 is 60.5 Å². The van der Waals surface area contributed by atoms with Gasteiger partial charge in [0.2, 0.25) is 0 Å². The lowest BCUT2D eigenvalue weighted by Gasteiger charge is -2.05. The predicted molar refractivity (Wildman–Crippen MR) is 76.3 cm³/mol. The summed E-state index contributed by atoms with van der Waals surface area (Å²) in [6.45, 7) is 0.729. The normalized spacial score (nSPS) is 10.4. The van der Waals surface area contributed by atoms with Crippen molar-refractivity contribution in [3.63, 3.8) is 0 Å². The average Bonchev–Trinajstić information content (AvgIpc) is 2.60. The van der Waals surface area contributed by atoms with Crippen molar-refractivity contribution in [3.8, 4) is 0 Å². The van der Waals surface area contributed by atoms with Crippen molar-refractivity contribution < 1.29 is 0 Å². The Labute approximate surface area is 119 Å². The van der Waals surface area contributed by atoms with E-state index in [0.717, 1.165) is 26.1 Å². The number of halogens is 3. The number of rotatable bonds is 3. The minimum atomic E-state index is 0.576. The zero-order valence-electron chi connectivity index (χ0n) is 8.01. The first-order valence-corrected chi connectivity index (χ1v) is 7.22. The van der Waals surface area contributed by atoms with Crippen LogP contribution in [0.15, 0.2) is 33.3 Å². The van der Waals surface area contributed by atoms with Gasteiger partial charge >= 0.3 is 0 Å². The maximum Gasteiger partial charge on any atom is 0.183 e. The number of aromatic nitrogens is 1. The summed E-state index contributed by atoms with van der Waals surface area (Å²) in [5, 5.41) is 3.31. The Bertz CT molecular complexity index is 481. The predicted octanol–water partition coefficient (Wildman–Crippen LogP) is 4.93. The van der Waals surface area contributed by atoms with Crippen molar-refractivity contribution in [2.24, 2.45) is 0 Å². The fraction of sp³-hybridized carbons (Fsp3) is 0.100. The lowest BCUT2D eigenvalue weighted by molar-refractivity contribution is 1.17. The van der Waals surface area contributed by atoms with Gasteiger partial charge < -0.3 is 5.32 Å². The summed E-state index contributed by atoms with van der Waals surface area (Å²) in [5.41, 5.74) is 1.05. The van der Waals surface area contributed by atoms with Gasteiger partial charge in [0.25, 0.3) is 0 Å². The van der Waals surface area contributed by atoms with Crippen LogP contribution in [0.4, 0.5) is 5.69 Å². The van der Waals surface area contributed by atoms with Crippen LogP contribution in [0.25, 0.3) is 0 Å². The van der Waals surface area contributed by atoms with E-state index in [1.165, 1.54) is 11.3 Å². The van der Waals surface area contributed by atoms with Crippen molar-refractivity contribution in [2.75, 3.05) is 5.32 Å². The number of nitrogens with one attached hydrogen (secondary N) is 1. The van der Waals surface area contributed by atoms with E-state index in [2.05, 4.69) is 42.2 Å². The first-order valence-electron chi connectivity index (χ1n) is 4.43. The lowest BCUT2D eigenvalue weighted by Crippen LogP contribution is -1.97. The van der Waals surface area contributed by atoms with Crippen LogP contribution in [0.5, 0.6) is 0 Å². The summed E-state index contributed by atoms with van der Waals surface area (Å²) in [6, 6.07) is 6.04. The van der Waals surface area contributed by atoms with Crippen molar-refractivity contribution in [1.29, 1.82) is 0 Å². The highest BCUT2D eigenvalue weighted by Crippen LogP contribution is 2.24. The third-order valence-corrected chi connectivity index (χ3v) is 3.89. The molecule has 0 fully saturated rings. The molecule has 1 N–H and O–H groups in total. The van der Waals surface area contributed by atoms with Crippen molar-refractivity contribution in [2.45, 2.75) is 6.54 Å². The number of nitrogens with zero attached hydrogens (tertiary/aromatic N) is 1. The van der Waals surface area contributed by atoms with Crippen LogP contribution in [-0.2, 0) is 6.54 Å². The monoisotopic (exact) mass is 380 g/mol. The third-order valence-electron chi connectivity index (χ3n) is 1.85. The highest BCUT2D eigenvalue weighted by molar-refractivity contribution is 9.11. The Hall–Kier alpha value is -0.100. The fourth-order valence-corrected chi connectivity index (χ4v) is 3.42. The van der Waals surface area contributed by atoms with E-state index in [-0.39, 0.29) is 0 Å². The lowest BCUT2D eigenvalue weighted by atomic mass is 10.3. The second kappa shape index (κ2) is 5.49. The minimum absolute atomic E-state index is 0.576. The quantitative estimate of drug-likeness (QED) is 0.814. The Balaban J connectivity index is 2.04. The van der Waals surface area contributed by atoms with E-state index in [1.807, 2.05) is 18.2 Å². The van der Waals surface area contributed by atoms with Crippen LogP contribution in [0.1, 0.15) is 4.88 Å². The number of hydrogen-bond donors (Lipinski definition) is 1. The smallest absolute Gasteiger partial charge is 0.183 e. The van der Waals surface area contributed by atoms with Gasteiger partial charge in [-0.3, -0.25) is 0 Å². The van der Waals surface area contributed by atoms with E-state index in [9.17, 15) is 0 Å². The van der Waals surface area contributed by atoms with Crippen LogP contribution >= 0.6 is 54.8 Å². The molecule has 0 amide bonds. The molecule has 0 bridgehead atoms. The third kappa shape index (κ3) is 3.45. The molecule has 0 saturated carbocycles. The first kappa shape index (κ1) is 12.4. The van der Waals surface area contributed by atoms with E-state index >= 15 is 0 Å². The zero-order chi connectivity index (χ0) is 11.5. The Morgan fingerprint density at radius 3 is 2.50 bits per heavy atom. The van der Waals surface area contributed by atoms with E-state index < -0.39 is 0 Å². The molecule has 2 aromatic rings. The molecule has 0 aliphatic rings. The summed E-state index contributed by atoms with van der Waals surface area (Å²) in [7, 11) is 0. The summed E-state index contributed by atoms with van der Waals surface area (Å²) >= 11 is 14.1. The largest absolute Gasteiger partial charge is 0.380 e. The Morgan fingerprint density at radius 2 is 1.94 bits per heavy atom. The van der Waals surface area contributed by atoms with E-state index in [0.29, 0.717) is 4.47 Å². The molecule has 0 atom stereocenters. The number of hydrogen-bond acceptors (Lipinski definition) is 3. The molecule has 1 aromatic carbocycles. The Kier molecular flexibility index (Phi) is 4.24. The molecule has 0 aliphatic heterocycles. The molecule has 0 spiro atoms. The van der Waals surface area contributed by atoms with Crippen molar-refractivity contribution in [1.82, 2.24) is 4.98 Å². The minimum Gasteiger partial charge on any atom is -0.380 e. The topological polar surface area (TPSA) is 24.9 Å². The van der Waals surface area contributed by atoms with E-state index in [4.69, 9.17) is 11.6 Å². The number of thiazole rings is 1. The van der Waals surface area contributed by atoms with Gasteiger partial charge in [-0.25, -0.2) is 4.98 Å². The molecule has 0 saturated heterocycles. The van der Waals surface area contributed by atoms with Crippen LogP contribution in [0.3, 0.4) is 0 Å². The van der Waals surface area contributed by atoms with Gasteiger partial charge in [-0.2, -0.15) is 0 Å². The molecule has 0 unspecified atom stereocenters. The SMILES string of the molecule is Clc1ncc(CNc2cc(Br)cc(Br)c2)s1. The van der Waals surface area contributed by atoms with E-state index in [1.54, 1.807) is 6.20 Å². The van der Waals surface area contributed by atoms with Gasteiger partial charge in [-0.05, 0) is 18.2 Å². The second-order valence-corrected chi connectivity index (χ2v) is 6.62. The molecule has 16 heavy (non-hydrogen) atoms. The van der Waals surface area contributed by atoms with Gasteiger partial charge in [0.1, 0.15) is 0 Å². The van der Waals surface area contributed by atoms with Gasteiger partial charge in [0.05, 0.1) is 6.54 Å². The summed E-state index contributed by atoms with van der Waals surface area (Å²) in [5.74, 6) is 0. The van der Waals surface area contributed by atoms with Gasteiger partial charge in [-0.1, -0.05) is 43.5 Å². The summed E-state index contributed by atoms with van der Waals surface area (Å²) < 4.78 is 2.64.